The number of aldehydes is 1. The molecular weight excluding hydrogens is 100 g/mol. The van der Waals surface area contributed by atoms with Gasteiger partial charge in [-0.3, -0.25) is 0 Å². The van der Waals surface area contributed by atoms with Crippen LogP contribution in [0.1, 0.15) is 0 Å². The van der Waals surface area contributed by atoms with Crippen LogP contribution in [0.25, 0.3) is 0 Å². The molecular formula is C3H6O2S. The summed E-state index contributed by atoms with van der Waals surface area (Å²) < 4.78 is 0. The average molecular weight is 106 g/mol. The molecule has 0 aliphatic heterocycles. The highest BCUT2D eigenvalue weighted by molar-refractivity contribution is 7.80. The summed E-state index contributed by atoms with van der Waals surface area (Å²) in [5, 5.41) is 8.22. The number of aliphatic hydroxyl groups is 1. The van der Waals surface area contributed by atoms with Crippen molar-refractivity contribution in [3.63, 3.8) is 0 Å². The minimum atomic E-state index is -0.881. The van der Waals surface area contributed by atoms with Gasteiger partial charge >= 0.3 is 0 Å². The molecule has 2 nitrogen and oxygen atoms in total. The van der Waals surface area contributed by atoms with Crippen molar-refractivity contribution < 1.29 is 9.90 Å². The van der Waals surface area contributed by atoms with Crippen LogP contribution in [0.5, 0.6) is 0 Å². The summed E-state index contributed by atoms with van der Waals surface area (Å²) >= 11 is 3.61. The van der Waals surface area contributed by atoms with Gasteiger partial charge in [0, 0.05) is 5.75 Å². The maximum atomic E-state index is 9.44. The molecule has 36 valence electrons. The third-order valence-electron chi connectivity index (χ3n) is 0.344. The first-order valence-corrected chi connectivity index (χ1v) is 2.18. The van der Waals surface area contributed by atoms with Crippen molar-refractivity contribution >= 4 is 18.9 Å². The molecule has 0 aromatic carbocycles. The van der Waals surface area contributed by atoms with E-state index in [0.29, 0.717) is 6.29 Å². The fourth-order valence-electron chi connectivity index (χ4n) is 0.0430. The van der Waals surface area contributed by atoms with Crippen molar-refractivity contribution in [2.24, 2.45) is 0 Å². The van der Waals surface area contributed by atoms with E-state index in [4.69, 9.17) is 5.11 Å². The van der Waals surface area contributed by atoms with Gasteiger partial charge in [0.05, 0.1) is 0 Å². The van der Waals surface area contributed by atoms with E-state index in [1.807, 2.05) is 0 Å². The highest BCUT2D eigenvalue weighted by atomic mass is 32.1. The Morgan fingerprint density at radius 1 is 2.00 bits per heavy atom. The van der Waals surface area contributed by atoms with Crippen LogP contribution in [-0.2, 0) is 4.79 Å². The van der Waals surface area contributed by atoms with E-state index in [-0.39, 0.29) is 5.75 Å². The molecule has 0 saturated carbocycles. The summed E-state index contributed by atoms with van der Waals surface area (Å²) in [5.74, 6) is 0.212. The van der Waals surface area contributed by atoms with Crippen LogP contribution < -0.4 is 0 Å². The summed E-state index contributed by atoms with van der Waals surface area (Å²) in [6.07, 6.45) is -0.430. The van der Waals surface area contributed by atoms with E-state index in [0.717, 1.165) is 0 Å². The standard InChI is InChI=1S/C3H6O2S/c4-1-3(5)2-6/h1,3,5-6H,2H2/t3-/m0/s1. The quantitative estimate of drug-likeness (QED) is 0.367. The molecule has 0 fully saturated rings. The molecule has 0 aliphatic carbocycles. The lowest BCUT2D eigenvalue weighted by Crippen LogP contribution is -2.08. The summed E-state index contributed by atoms with van der Waals surface area (Å²) in [7, 11) is 0. The van der Waals surface area contributed by atoms with Gasteiger partial charge in [-0.05, 0) is 0 Å². The topological polar surface area (TPSA) is 37.3 Å². The van der Waals surface area contributed by atoms with Crippen LogP contribution in [0.15, 0.2) is 0 Å². The van der Waals surface area contributed by atoms with Crippen LogP contribution in [0.3, 0.4) is 0 Å². The van der Waals surface area contributed by atoms with E-state index in [1.165, 1.54) is 0 Å². The summed E-state index contributed by atoms with van der Waals surface area (Å²) in [4.78, 5) is 9.44. The van der Waals surface area contributed by atoms with Crippen molar-refractivity contribution in [1.29, 1.82) is 0 Å². The number of hydrogen-bond acceptors (Lipinski definition) is 3. The molecule has 0 heterocycles. The Labute approximate surface area is 41.6 Å². The lowest BCUT2D eigenvalue weighted by molar-refractivity contribution is -0.113. The first-order chi connectivity index (χ1) is 2.81. The average Bonchev–Trinajstić information content (AvgIpc) is 1.65. The van der Waals surface area contributed by atoms with Gasteiger partial charge in [-0.25, -0.2) is 0 Å². The second-order valence-electron chi connectivity index (χ2n) is 0.886. The van der Waals surface area contributed by atoms with Gasteiger partial charge < -0.3 is 9.90 Å². The van der Waals surface area contributed by atoms with Gasteiger partial charge in [0.1, 0.15) is 12.4 Å². The Bertz CT molecular complexity index is 46.1. The highest BCUT2D eigenvalue weighted by Crippen LogP contribution is 1.77. The lowest BCUT2D eigenvalue weighted by Gasteiger charge is -1.88. The summed E-state index contributed by atoms with van der Waals surface area (Å²) in [5.41, 5.74) is 0. The zero-order chi connectivity index (χ0) is 4.99. The Hall–Kier alpha value is -0.0200. The molecule has 0 aromatic rings. The first kappa shape index (κ1) is 5.98. The number of carbonyl (C=O) groups is 1. The largest absolute Gasteiger partial charge is 0.385 e. The second kappa shape index (κ2) is 3.18. The monoisotopic (exact) mass is 106 g/mol. The van der Waals surface area contributed by atoms with Crippen molar-refractivity contribution in [1.82, 2.24) is 0 Å². The van der Waals surface area contributed by atoms with Gasteiger partial charge in [-0.1, -0.05) is 0 Å². The van der Waals surface area contributed by atoms with Gasteiger partial charge in [-0.15, -0.1) is 0 Å². The molecule has 1 atom stereocenters. The van der Waals surface area contributed by atoms with E-state index in [9.17, 15) is 4.79 Å². The fourth-order valence-corrected chi connectivity index (χ4v) is 0.129. The SMILES string of the molecule is O=C[C@H](O)CS. The zero-order valence-electron chi connectivity index (χ0n) is 3.16. The minimum Gasteiger partial charge on any atom is -0.385 e. The Morgan fingerprint density at radius 2 is 2.50 bits per heavy atom. The van der Waals surface area contributed by atoms with E-state index < -0.39 is 6.10 Å². The Kier molecular flexibility index (Phi) is 3.17. The molecule has 0 aliphatic rings. The predicted octanol–water partition coefficient (Wildman–Crippen LogP) is -0.524. The van der Waals surface area contributed by atoms with E-state index in [1.54, 1.807) is 0 Å². The molecule has 0 amide bonds. The molecule has 0 saturated heterocycles. The number of thiol groups is 1. The van der Waals surface area contributed by atoms with Crippen LogP contribution >= 0.6 is 12.6 Å². The third-order valence-corrected chi connectivity index (χ3v) is 0.718. The highest BCUT2D eigenvalue weighted by Gasteiger charge is 1.91. The molecule has 0 spiro atoms. The number of hydrogen-bond donors (Lipinski definition) is 2. The molecule has 6 heavy (non-hydrogen) atoms. The molecule has 0 bridgehead atoms. The summed E-state index contributed by atoms with van der Waals surface area (Å²) in [6, 6.07) is 0. The summed E-state index contributed by atoms with van der Waals surface area (Å²) in [6.45, 7) is 0. The van der Waals surface area contributed by atoms with Crippen molar-refractivity contribution in [3.05, 3.63) is 0 Å². The first-order valence-electron chi connectivity index (χ1n) is 1.55. The third kappa shape index (κ3) is 2.23. The number of rotatable bonds is 2. The van der Waals surface area contributed by atoms with Crippen molar-refractivity contribution in [2.45, 2.75) is 6.10 Å². The van der Waals surface area contributed by atoms with Crippen LogP contribution in [0.2, 0.25) is 0 Å². The van der Waals surface area contributed by atoms with Gasteiger partial charge in [-0.2, -0.15) is 12.6 Å². The maximum Gasteiger partial charge on any atom is 0.149 e. The molecule has 0 radical (unpaired) electrons. The smallest absolute Gasteiger partial charge is 0.149 e. The fraction of sp³-hybridized carbons (Fsp3) is 0.667. The van der Waals surface area contributed by atoms with Gasteiger partial charge in [0.25, 0.3) is 0 Å². The minimum absolute atomic E-state index is 0.212. The normalized spacial score (nSPS) is 13.7. The molecule has 0 aromatic heterocycles. The van der Waals surface area contributed by atoms with Crippen molar-refractivity contribution in [2.75, 3.05) is 5.75 Å². The molecule has 0 rings (SSSR count). The number of aliphatic hydroxyl groups excluding tert-OH is 1. The Morgan fingerprint density at radius 3 is 2.50 bits per heavy atom. The van der Waals surface area contributed by atoms with Crippen LogP contribution in [0.4, 0.5) is 0 Å². The maximum absolute atomic E-state index is 9.44. The van der Waals surface area contributed by atoms with Crippen LogP contribution in [0, 0.1) is 0 Å². The van der Waals surface area contributed by atoms with E-state index >= 15 is 0 Å². The molecule has 1 N–H and O–H groups in total. The predicted molar refractivity (Wildman–Crippen MR) is 25.9 cm³/mol. The molecule has 3 heteroatoms. The lowest BCUT2D eigenvalue weighted by atomic mass is 10.5. The number of carbonyl (C=O) groups excluding carboxylic acids is 1. The molecule has 0 unspecified atom stereocenters. The van der Waals surface area contributed by atoms with Crippen molar-refractivity contribution in [3.8, 4) is 0 Å². The zero-order valence-corrected chi connectivity index (χ0v) is 4.06. The van der Waals surface area contributed by atoms with Gasteiger partial charge in [0.15, 0.2) is 0 Å². The second-order valence-corrected chi connectivity index (χ2v) is 1.25. The van der Waals surface area contributed by atoms with E-state index in [2.05, 4.69) is 12.6 Å². The van der Waals surface area contributed by atoms with Crippen LogP contribution in [-0.4, -0.2) is 23.2 Å². The Balaban J connectivity index is 2.96. The van der Waals surface area contributed by atoms with Gasteiger partial charge in [0.2, 0.25) is 0 Å².